The molecule has 8 heteroatoms. The molecule has 2 fully saturated rings. The van der Waals surface area contributed by atoms with E-state index in [1.54, 1.807) is 17.0 Å². The van der Waals surface area contributed by atoms with Gasteiger partial charge in [-0.05, 0) is 37.8 Å². The molecule has 2 aromatic rings. The number of hydrogen-bond acceptors (Lipinski definition) is 5. The molecule has 2 aliphatic rings. The van der Waals surface area contributed by atoms with E-state index >= 15 is 0 Å². The number of pyridine rings is 1. The number of amides is 1. The molecule has 1 amide bonds. The second-order valence-corrected chi connectivity index (χ2v) is 6.55. The molecule has 132 valence electrons. The number of nitrogens with one attached hydrogen (secondary N) is 1. The summed E-state index contributed by atoms with van der Waals surface area (Å²) < 4.78 is 8.41. The van der Waals surface area contributed by atoms with Gasteiger partial charge in [-0.25, -0.2) is 9.48 Å². The van der Waals surface area contributed by atoms with Crippen molar-refractivity contribution in [3.8, 4) is 11.4 Å². The van der Waals surface area contributed by atoms with Crippen molar-refractivity contribution in [1.82, 2.24) is 24.6 Å². The minimum absolute atomic E-state index is 0.0793. The van der Waals surface area contributed by atoms with E-state index in [4.69, 9.17) is 4.74 Å². The fourth-order valence-electron chi connectivity index (χ4n) is 3.10. The molecule has 1 saturated carbocycles. The Kier molecular flexibility index (Phi) is 4.35. The Labute approximate surface area is 144 Å². The Morgan fingerprint density at radius 2 is 2.24 bits per heavy atom. The summed E-state index contributed by atoms with van der Waals surface area (Å²) in [5.41, 5.74) is 0.540. The highest BCUT2D eigenvalue weighted by Gasteiger charge is 2.30. The number of hydrogen-bond donors (Lipinski definition) is 1. The lowest BCUT2D eigenvalue weighted by Gasteiger charge is -2.10. The second kappa shape index (κ2) is 6.79. The van der Waals surface area contributed by atoms with E-state index in [-0.39, 0.29) is 30.3 Å². The van der Waals surface area contributed by atoms with Crippen LogP contribution in [0.3, 0.4) is 0 Å². The van der Waals surface area contributed by atoms with Crippen LogP contribution in [-0.4, -0.2) is 44.5 Å². The van der Waals surface area contributed by atoms with E-state index in [0.29, 0.717) is 12.4 Å². The summed E-state index contributed by atoms with van der Waals surface area (Å²) in [6, 6.07) is 3.85. The molecule has 8 nitrogen and oxygen atoms in total. The van der Waals surface area contributed by atoms with Crippen LogP contribution in [0, 0.1) is 0 Å². The monoisotopic (exact) mass is 343 g/mol. The molecule has 0 bridgehead atoms. The molecule has 25 heavy (non-hydrogen) atoms. The zero-order valence-corrected chi connectivity index (χ0v) is 13.9. The van der Waals surface area contributed by atoms with Crippen LogP contribution in [0.5, 0.6) is 0 Å². The van der Waals surface area contributed by atoms with Crippen molar-refractivity contribution in [2.45, 2.75) is 44.4 Å². The van der Waals surface area contributed by atoms with Crippen molar-refractivity contribution in [3.05, 3.63) is 35.0 Å². The van der Waals surface area contributed by atoms with Crippen molar-refractivity contribution < 1.29 is 9.53 Å². The second-order valence-electron chi connectivity index (χ2n) is 6.55. The van der Waals surface area contributed by atoms with Gasteiger partial charge in [0.25, 0.3) is 0 Å². The van der Waals surface area contributed by atoms with Crippen LogP contribution in [0.4, 0.5) is 0 Å². The highest BCUT2D eigenvalue weighted by atomic mass is 16.5. The topological polar surface area (TPSA) is 91.0 Å². The average Bonchev–Trinajstić information content (AvgIpc) is 3.22. The first-order valence-electron chi connectivity index (χ1n) is 8.70. The Balaban J connectivity index is 1.51. The van der Waals surface area contributed by atoms with Crippen LogP contribution >= 0.6 is 0 Å². The van der Waals surface area contributed by atoms with Crippen molar-refractivity contribution in [3.63, 3.8) is 0 Å². The third-order valence-electron chi connectivity index (χ3n) is 4.55. The fourth-order valence-corrected chi connectivity index (χ4v) is 3.10. The summed E-state index contributed by atoms with van der Waals surface area (Å²) >= 11 is 0. The van der Waals surface area contributed by atoms with E-state index in [1.165, 1.54) is 4.68 Å². The maximum absolute atomic E-state index is 12.7. The molecule has 2 aromatic heterocycles. The summed E-state index contributed by atoms with van der Waals surface area (Å²) in [5.74, 6) is 0.350. The van der Waals surface area contributed by atoms with Gasteiger partial charge in [0.15, 0.2) is 5.82 Å². The lowest BCUT2D eigenvalue weighted by atomic mass is 10.2. The van der Waals surface area contributed by atoms with Gasteiger partial charge in [0, 0.05) is 37.2 Å². The molecule has 1 saturated heterocycles. The third-order valence-corrected chi connectivity index (χ3v) is 4.55. The van der Waals surface area contributed by atoms with Crippen LogP contribution in [0.25, 0.3) is 11.4 Å². The highest BCUT2D eigenvalue weighted by Crippen LogP contribution is 2.36. The molecule has 1 N–H and O–H groups in total. The summed E-state index contributed by atoms with van der Waals surface area (Å²) in [4.78, 5) is 29.0. The summed E-state index contributed by atoms with van der Waals surface area (Å²) in [6.45, 7) is 1.14. The van der Waals surface area contributed by atoms with Crippen LogP contribution < -0.4 is 11.0 Å². The van der Waals surface area contributed by atoms with Crippen molar-refractivity contribution in [1.29, 1.82) is 0 Å². The highest BCUT2D eigenvalue weighted by molar-refractivity contribution is 5.75. The minimum atomic E-state index is -0.242. The predicted molar refractivity (Wildman–Crippen MR) is 90.0 cm³/mol. The van der Waals surface area contributed by atoms with E-state index in [1.807, 2.05) is 12.1 Å². The van der Waals surface area contributed by atoms with Gasteiger partial charge in [0.05, 0.1) is 6.10 Å². The molecular formula is C17H21N5O3. The van der Waals surface area contributed by atoms with Gasteiger partial charge in [-0.1, -0.05) is 0 Å². The standard InChI is InChI=1S/C17H21N5O3/c23-15(19-10-14-4-2-8-25-14)11-21-17(24)22(13-5-6-13)16(20-21)12-3-1-7-18-9-12/h1,3,7,9,13-14H,2,4-6,8,10-11H2,(H,19,23). The predicted octanol–water partition coefficient (Wildman–Crippen LogP) is 0.737. The average molecular weight is 343 g/mol. The van der Waals surface area contributed by atoms with E-state index in [9.17, 15) is 9.59 Å². The quantitative estimate of drug-likeness (QED) is 0.835. The van der Waals surface area contributed by atoms with Crippen molar-refractivity contribution in [2.75, 3.05) is 13.2 Å². The van der Waals surface area contributed by atoms with Gasteiger partial charge in [-0.3, -0.25) is 14.3 Å². The first kappa shape index (κ1) is 16.0. The maximum atomic E-state index is 12.7. The van der Waals surface area contributed by atoms with Crippen LogP contribution in [0.1, 0.15) is 31.7 Å². The number of nitrogens with zero attached hydrogens (tertiary/aromatic N) is 4. The van der Waals surface area contributed by atoms with Crippen molar-refractivity contribution >= 4 is 5.91 Å². The first-order valence-corrected chi connectivity index (χ1v) is 8.70. The number of carbonyl (C=O) groups is 1. The van der Waals surface area contributed by atoms with Gasteiger partial charge < -0.3 is 10.1 Å². The summed E-state index contributed by atoms with van der Waals surface area (Å²) in [6.07, 6.45) is 7.35. The van der Waals surface area contributed by atoms with Gasteiger partial charge in [-0.2, -0.15) is 0 Å². The molecule has 1 aliphatic carbocycles. The van der Waals surface area contributed by atoms with Gasteiger partial charge in [-0.15, -0.1) is 5.10 Å². The molecule has 4 rings (SSSR count). The number of carbonyl (C=O) groups excluding carboxylic acids is 1. The van der Waals surface area contributed by atoms with Gasteiger partial charge in [0.2, 0.25) is 5.91 Å². The number of ether oxygens (including phenoxy) is 1. The van der Waals surface area contributed by atoms with E-state index < -0.39 is 0 Å². The minimum Gasteiger partial charge on any atom is -0.376 e. The summed E-state index contributed by atoms with van der Waals surface area (Å²) in [7, 11) is 0. The SMILES string of the molecule is O=C(Cn1nc(-c2cccnc2)n(C2CC2)c1=O)NCC1CCCO1. The molecule has 1 atom stereocenters. The van der Waals surface area contributed by atoms with Gasteiger partial charge in [0.1, 0.15) is 6.54 Å². The Hall–Kier alpha value is -2.48. The smallest absolute Gasteiger partial charge is 0.346 e. The molecule has 1 aliphatic heterocycles. The largest absolute Gasteiger partial charge is 0.376 e. The van der Waals surface area contributed by atoms with Crippen molar-refractivity contribution in [2.24, 2.45) is 0 Å². The Morgan fingerprint density at radius 1 is 1.36 bits per heavy atom. The lowest BCUT2D eigenvalue weighted by Crippen LogP contribution is -2.37. The Bertz CT molecular complexity index is 803. The molecule has 3 heterocycles. The molecule has 0 spiro atoms. The van der Waals surface area contributed by atoms with E-state index in [0.717, 1.165) is 37.9 Å². The zero-order chi connectivity index (χ0) is 17.2. The van der Waals surface area contributed by atoms with Crippen LogP contribution in [-0.2, 0) is 16.1 Å². The fraction of sp³-hybridized carbons (Fsp3) is 0.529. The maximum Gasteiger partial charge on any atom is 0.346 e. The number of rotatable bonds is 6. The normalized spacial score (nSPS) is 19.9. The third kappa shape index (κ3) is 3.48. The van der Waals surface area contributed by atoms with Crippen LogP contribution in [0.2, 0.25) is 0 Å². The molecule has 0 radical (unpaired) electrons. The molecule has 1 unspecified atom stereocenters. The lowest BCUT2D eigenvalue weighted by molar-refractivity contribution is -0.122. The summed E-state index contributed by atoms with van der Waals surface area (Å²) in [5, 5.41) is 7.22. The molecule has 0 aromatic carbocycles. The number of aromatic nitrogens is 4. The zero-order valence-electron chi connectivity index (χ0n) is 13.9. The Morgan fingerprint density at radius 3 is 2.92 bits per heavy atom. The first-order chi connectivity index (χ1) is 12.2. The van der Waals surface area contributed by atoms with Crippen LogP contribution in [0.15, 0.2) is 29.3 Å². The molecular weight excluding hydrogens is 322 g/mol. The van der Waals surface area contributed by atoms with E-state index in [2.05, 4.69) is 15.4 Å². The van der Waals surface area contributed by atoms with Gasteiger partial charge >= 0.3 is 5.69 Å².